The van der Waals surface area contributed by atoms with E-state index in [1.165, 1.54) is 0 Å². The van der Waals surface area contributed by atoms with Crippen LogP contribution in [0.4, 0.5) is 5.69 Å². The minimum atomic E-state index is -0.403. The Morgan fingerprint density at radius 1 is 1.00 bits per heavy atom. The lowest BCUT2D eigenvalue weighted by atomic mass is 10.1. The maximum atomic E-state index is 12.8. The molecule has 8 heteroatoms. The number of nitrogens with zero attached hydrogens (tertiary/aromatic N) is 2. The molecular weight excluding hydrogens is 442 g/mol. The molecule has 0 spiro atoms. The minimum Gasteiger partial charge on any atom is -0.372 e. The third-order valence-electron chi connectivity index (χ3n) is 6.01. The van der Waals surface area contributed by atoms with E-state index in [1.807, 2.05) is 30.9 Å². The number of hydrogen-bond donors (Lipinski definition) is 1. The van der Waals surface area contributed by atoms with Gasteiger partial charge in [-0.2, -0.15) is 0 Å². The minimum absolute atomic E-state index is 0.0145. The van der Waals surface area contributed by atoms with Crippen LogP contribution in [0.1, 0.15) is 36.2 Å². The van der Waals surface area contributed by atoms with E-state index in [4.69, 9.17) is 16.3 Å². The highest BCUT2D eigenvalue weighted by molar-refractivity contribution is 6.30. The Hall–Kier alpha value is -2.90. The van der Waals surface area contributed by atoms with Crippen molar-refractivity contribution in [1.82, 2.24) is 10.2 Å². The topological polar surface area (TPSA) is 79.0 Å². The Bertz CT molecular complexity index is 1010. The van der Waals surface area contributed by atoms with Crippen molar-refractivity contribution in [1.29, 1.82) is 0 Å². The highest BCUT2D eigenvalue weighted by Gasteiger charge is 2.35. The first-order valence-electron chi connectivity index (χ1n) is 11.2. The van der Waals surface area contributed by atoms with Crippen LogP contribution < -0.4 is 10.2 Å². The number of ether oxygens (including phenoxy) is 1. The summed E-state index contributed by atoms with van der Waals surface area (Å²) in [7, 11) is 0. The molecule has 0 radical (unpaired) electrons. The van der Waals surface area contributed by atoms with Crippen molar-refractivity contribution in [3.63, 3.8) is 0 Å². The second-order valence-electron chi connectivity index (χ2n) is 8.76. The standard InChI is InChI=1S/C25H28ClN3O4/c1-16-13-28(14-17(2)33-16)25(32)19-5-3-18(4-6-19)12-27-24(31)20-11-23(30)29(15-20)22-9-7-21(26)8-10-22/h3-10,16-17,20H,11-15H2,1-2H3,(H,27,31). The Kier molecular flexibility index (Phi) is 7.00. The van der Waals surface area contributed by atoms with Gasteiger partial charge in [0.25, 0.3) is 5.91 Å². The molecule has 174 valence electrons. The second kappa shape index (κ2) is 9.93. The van der Waals surface area contributed by atoms with Crippen molar-refractivity contribution in [3.8, 4) is 0 Å². The van der Waals surface area contributed by atoms with E-state index in [0.29, 0.717) is 36.8 Å². The number of carbonyl (C=O) groups is 3. The average molecular weight is 470 g/mol. The van der Waals surface area contributed by atoms with Crippen molar-refractivity contribution in [2.24, 2.45) is 5.92 Å². The number of carbonyl (C=O) groups excluding carboxylic acids is 3. The van der Waals surface area contributed by atoms with E-state index < -0.39 is 5.92 Å². The van der Waals surface area contributed by atoms with E-state index in [2.05, 4.69) is 5.32 Å². The first-order chi connectivity index (χ1) is 15.8. The van der Waals surface area contributed by atoms with Gasteiger partial charge in [0.05, 0.1) is 18.1 Å². The molecule has 2 aromatic rings. The SMILES string of the molecule is CC1CN(C(=O)c2ccc(CNC(=O)C3CC(=O)N(c4ccc(Cl)cc4)C3)cc2)CC(C)O1. The van der Waals surface area contributed by atoms with Gasteiger partial charge in [-0.25, -0.2) is 0 Å². The molecule has 2 fully saturated rings. The summed E-state index contributed by atoms with van der Waals surface area (Å²) in [6.45, 7) is 5.77. The molecule has 2 aliphatic rings. The first-order valence-corrected chi connectivity index (χ1v) is 11.5. The zero-order valence-electron chi connectivity index (χ0n) is 18.8. The molecule has 2 aliphatic heterocycles. The number of amides is 3. The molecule has 0 aromatic heterocycles. The molecule has 4 rings (SSSR count). The zero-order valence-corrected chi connectivity index (χ0v) is 19.5. The lowest BCUT2D eigenvalue weighted by Crippen LogP contribution is -2.48. The lowest BCUT2D eigenvalue weighted by molar-refractivity contribution is -0.126. The van der Waals surface area contributed by atoms with Gasteiger partial charge in [0.1, 0.15) is 0 Å². The number of morpholine rings is 1. The average Bonchev–Trinajstić information content (AvgIpc) is 3.19. The van der Waals surface area contributed by atoms with Crippen LogP contribution in [0, 0.1) is 5.92 Å². The summed E-state index contributed by atoms with van der Waals surface area (Å²) in [5.41, 5.74) is 2.25. The van der Waals surface area contributed by atoms with Crippen LogP contribution in [0.2, 0.25) is 5.02 Å². The summed E-state index contributed by atoms with van der Waals surface area (Å²) in [4.78, 5) is 41.3. The summed E-state index contributed by atoms with van der Waals surface area (Å²) < 4.78 is 5.70. The van der Waals surface area contributed by atoms with Crippen molar-refractivity contribution in [2.45, 2.75) is 39.0 Å². The molecule has 3 amide bonds. The molecule has 3 atom stereocenters. The summed E-state index contributed by atoms with van der Waals surface area (Å²) in [5, 5.41) is 3.51. The maximum Gasteiger partial charge on any atom is 0.254 e. The van der Waals surface area contributed by atoms with Crippen LogP contribution in [-0.2, 0) is 20.9 Å². The molecule has 33 heavy (non-hydrogen) atoms. The number of halogens is 1. The van der Waals surface area contributed by atoms with Gasteiger partial charge in [0.15, 0.2) is 0 Å². The third kappa shape index (κ3) is 5.54. The van der Waals surface area contributed by atoms with E-state index in [1.54, 1.807) is 41.3 Å². The molecule has 2 saturated heterocycles. The van der Waals surface area contributed by atoms with E-state index >= 15 is 0 Å². The Morgan fingerprint density at radius 2 is 1.64 bits per heavy atom. The van der Waals surface area contributed by atoms with Gasteiger partial charge >= 0.3 is 0 Å². The van der Waals surface area contributed by atoms with Crippen molar-refractivity contribution in [3.05, 3.63) is 64.7 Å². The van der Waals surface area contributed by atoms with Gasteiger partial charge in [-0.15, -0.1) is 0 Å². The van der Waals surface area contributed by atoms with Crippen LogP contribution in [-0.4, -0.2) is 54.5 Å². The van der Waals surface area contributed by atoms with Crippen molar-refractivity contribution in [2.75, 3.05) is 24.5 Å². The van der Waals surface area contributed by atoms with Crippen LogP contribution in [0.5, 0.6) is 0 Å². The molecule has 2 aromatic carbocycles. The Balaban J connectivity index is 1.30. The van der Waals surface area contributed by atoms with Gasteiger partial charge in [0.2, 0.25) is 11.8 Å². The molecule has 3 unspecified atom stereocenters. The Morgan fingerprint density at radius 3 is 2.27 bits per heavy atom. The largest absolute Gasteiger partial charge is 0.372 e. The summed E-state index contributed by atoms with van der Waals surface area (Å²) in [6, 6.07) is 14.3. The summed E-state index contributed by atoms with van der Waals surface area (Å²) in [5.74, 6) is -0.651. The van der Waals surface area contributed by atoms with Gasteiger partial charge in [-0.1, -0.05) is 23.7 Å². The Labute approximate surface area is 198 Å². The zero-order chi connectivity index (χ0) is 23.5. The highest BCUT2D eigenvalue weighted by Crippen LogP contribution is 2.26. The van der Waals surface area contributed by atoms with Crippen LogP contribution >= 0.6 is 11.6 Å². The molecule has 2 heterocycles. The van der Waals surface area contributed by atoms with Crippen molar-refractivity contribution < 1.29 is 19.1 Å². The normalized spacial score (nSPS) is 23.0. The number of anilines is 1. The van der Waals surface area contributed by atoms with E-state index in [9.17, 15) is 14.4 Å². The fraction of sp³-hybridized carbons (Fsp3) is 0.400. The first kappa shape index (κ1) is 23.3. The fourth-order valence-electron chi connectivity index (χ4n) is 4.38. The van der Waals surface area contributed by atoms with E-state index in [0.717, 1.165) is 11.3 Å². The molecular formula is C25H28ClN3O4. The van der Waals surface area contributed by atoms with Crippen LogP contribution in [0.3, 0.4) is 0 Å². The summed E-state index contributed by atoms with van der Waals surface area (Å²) in [6.07, 6.45) is 0.216. The lowest BCUT2D eigenvalue weighted by Gasteiger charge is -2.35. The number of rotatable bonds is 5. The number of benzene rings is 2. The summed E-state index contributed by atoms with van der Waals surface area (Å²) >= 11 is 5.92. The smallest absolute Gasteiger partial charge is 0.254 e. The number of nitrogens with one attached hydrogen (secondary N) is 1. The number of hydrogen-bond acceptors (Lipinski definition) is 4. The second-order valence-corrected chi connectivity index (χ2v) is 9.20. The predicted molar refractivity (Wildman–Crippen MR) is 126 cm³/mol. The van der Waals surface area contributed by atoms with Crippen LogP contribution in [0.15, 0.2) is 48.5 Å². The van der Waals surface area contributed by atoms with Gasteiger partial charge in [0, 0.05) is 48.9 Å². The molecule has 7 nitrogen and oxygen atoms in total. The maximum absolute atomic E-state index is 12.8. The predicted octanol–water partition coefficient (Wildman–Crippen LogP) is 3.26. The molecule has 0 aliphatic carbocycles. The molecule has 0 saturated carbocycles. The van der Waals surface area contributed by atoms with Crippen molar-refractivity contribution >= 4 is 35.0 Å². The molecule has 0 bridgehead atoms. The molecule has 1 N–H and O–H groups in total. The van der Waals surface area contributed by atoms with E-state index in [-0.39, 0.29) is 36.4 Å². The van der Waals surface area contributed by atoms with Crippen LogP contribution in [0.25, 0.3) is 0 Å². The van der Waals surface area contributed by atoms with Gasteiger partial charge in [-0.3, -0.25) is 14.4 Å². The van der Waals surface area contributed by atoms with Gasteiger partial charge in [-0.05, 0) is 55.8 Å². The quantitative estimate of drug-likeness (QED) is 0.729. The highest BCUT2D eigenvalue weighted by atomic mass is 35.5. The third-order valence-corrected chi connectivity index (χ3v) is 6.26. The monoisotopic (exact) mass is 469 g/mol. The fourth-order valence-corrected chi connectivity index (χ4v) is 4.50. The van der Waals surface area contributed by atoms with Gasteiger partial charge < -0.3 is 19.9 Å².